The fourth-order valence-electron chi connectivity index (χ4n) is 1.99. The van der Waals surface area contributed by atoms with Gasteiger partial charge in [0.2, 0.25) is 5.82 Å². The standard InChI is InChI=1S/C14H18N3O2/c1-10-15-16(3)11(2)17(10)9-14(18)12-5-7-13(19-4)8-6-12/h5-8H,9H2,1-4H3/q+1. The molecule has 0 saturated heterocycles. The third kappa shape index (κ3) is 2.65. The third-order valence-corrected chi connectivity index (χ3v) is 3.26. The molecule has 0 spiro atoms. The normalized spacial score (nSPS) is 10.5. The van der Waals surface area contributed by atoms with Gasteiger partial charge >= 0.3 is 0 Å². The molecule has 0 fully saturated rings. The Labute approximate surface area is 112 Å². The summed E-state index contributed by atoms with van der Waals surface area (Å²) < 4.78 is 8.76. The minimum absolute atomic E-state index is 0.0619. The lowest BCUT2D eigenvalue weighted by Gasteiger charge is -2.03. The second-order valence-corrected chi connectivity index (χ2v) is 4.46. The van der Waals surface area contributed by atoms with Crippen molar-refractivity contribution in [3.05, 3.63) is 41.5 Å². The highest BCUT2D eigenvalue weighted by atomic mass is 16.5. The van der Waals surface area contributed by atoms with Crippen LogP contribution >= 0.6 is 0 Å². The van der Waals surface area contributed by atoms with Crippen LogP contribution in [0.4, 0.5) is 0 Å². The zero-order valence-corrected chi connectivity index (χ0v) is 11.7. The van der Waals surface area contributed by atoms with Gasteiger partial charge in [0, 0.05) is 24.5 Å². The Hall–Kier alpha value is -2.17. The highest BCUT2D eigenvalue weighted by molar-refractivity contribution is 5.95. The second kappa shape index (κ2) is 5.22. The van der Waals surface area contributed by atoms with Gasteiger partial charge in [-0.3, -0.25) is 4.79 Å². The Morgan fingerprint density at radius 2 is 1.95 bits per heavy atom. The van der Waals surface area contributed by atoms with E-state index in [1.54, 1.807) is 36.1 Å². The van der Waals surface area contributed by atoms with E-state index < -0.39 is 0 Å². The summed E-state index contributed by atoms with van der Waals surface area (Å²) in [6.07, 6.45) is 0. The number of ketones is 1. The van der Waals surface area contributed by atoms with E-state index >= 15 is 0 Å². The number of Topliss-reactive ketones (excluding diaryl/α,β-unsaturated/α-hetero) is 1. The van der Waals surface area contributed by atoms with E-state index in [0.717, 1.165) is 17.4 Å². The lowest BCUT2D eigenvalue weighted by atomic mass is 10.1. The van der Waals surface area contributed by atoms with Gasteiger partial charge in [-0.25, -0.2) is 4.57 Å². The summed E-state index contributed by atoms with van der Waals surface area (Å²) in [4.78, 5) is 12.2. The van der Waals surface area contributed by atoms with Crippen LogP contribution in [-0.4, -0.2) is 22.7 Å². The average Bonchev–Trinajstić information content (AvgIpc) is 2.65. The number of aromatic nitrogens is 3. The summed E-state index contributed by atoms with van der Waals surface area (Å²) in [5.41, 5.74) is 0.677. The summed E-state index contributed by atoms with van der Waals surface area (Å²) in [6, 6.07) is 7.15. The Morgan fingerprint density at radius 3 is 2.42 bits per heavy atom. The van der Waals surface area contributed by atoms with Crippen molar-refractivity contribution in [3.8, 4) is 5.75 Å². The van der Waals surface area contributed by atoms with Crippen molar-refractivity contribution in [2.24, 2.45) is 7.05 Å². The predicted molar refractivity (Wildman–Crippen MR) is 70.2 cm³/mol. The molecule has 1 aromatic carbocycles. The van der Waals surface area contributed by atoms with Crippen molar-refractivity contribution >= 4 is 5.78 Å². The first-order valence-corrected chi connectivity index (χ1v) is 6.10. The molecular formula is C14H18N3O2+. The van der Waals surface area contributed by atoms with Gasteiger partial charge in [-0.1, -0.05) is 0 Å². The van der Waals surface area contributed by atoms with Crippen LogP contribution in [0.2, 0.25) is 0 Å². The molecule has 2 aromatic rings. The lowest BCUT2D eigenvalue weighted by Crippen LogP contribution is -2.42. The van der Waals surface area contributed by atoms with Crippen molar-refractivity contribution in [2.45, 2.75) is 20.4 Å². The Balaban J connectivity index is 2.20. The summed E-state index contributed by atoms with van der Waals surface area (Å²) in [5, 5.41) is 4.29. The van der Waals surface area contributed by atoms with E-state index in [2.05, 4.69) is 5.10 Å². The van der Waals surface area contributed by atoms with Crippen LogP contribution in [-0.2, 0) is 13.6 Å². The van der Waals surface area contributed by atoms with Crippen LogP contribution in [0.1, 0.15) is 22.0 Å². The van der Waals surface area contributed by atoms with Crippen molar-refractivity contribution in [3.63, 3.8) is 0 Å². The van der Waals surface area contributed by atoms with Gasteiger partial charge in [0.05, 0.1) is 14.2 Å². The number of rotatable bonds is 4. The van der Waals surface area contributed by atoms with Crippen molar-refractivity contribution in [2.75, 3.05) is 7.11 Å². The molecule has 0 amide bonds. The van der Waals surface area contributed by atoms with Gasteiger partial charge in [-0.15, -0.1) is 4.68 Å². The number of nitrogens with zero attached hydrogens (tertiary/aromatic N) is 3. The fraction of sp³-hybridized carbons (Fsp3) is 0.357. The maximum atomic E-state index is 12.2. The molecule has 19 heavy (non-hydrogen) atoms. The van der Waals surface area contributed by atoms with Crippen molar-refractivity contribution in [1.29, 1.82) is 0 Å². The number of aryl methyl sites for hydroxylation is 2. The van der Waals surface area contributed by atoms with Gasteiger partial charge in [0.1, 0.15) is 12.3 Å². The number of benzene rings is 1. The summed E-state index contributed by atoms with van der Waals surface area (Å²) in [5.74, 6) is 2.60. The average molecular weight is 260 g/mol. The van der Waals surface area contributed by atoms with E-state index in [-0.39, 0.29) is 5.78 Å². The van der Waals surface area contributed by atoms with Gasteiger partial charge in [0.25, 0.3) is 5.82 Å². The van der Waals surface area contributed by atoms with E-state index in [9.17, 15) is 4.79 Å². The molecule has 0 aliphatic carbocycles. The number of hydrogen-bond acceptors (Lipinski definition) is 3. The maximum absolute atomic E-state index is 12.2. The largest absolute Gasteiger partial charge is 0.497 e. The molecule has 0 bridgehead atoms. The summed E-state index contributed by atoms with van der Waals surface area (Å²) in [6.45, 7) is 4.15. The van der Waals surface area contributed by atoms with Crippen LogP contribution in [0.5, 0.6) is 5.75 Å². The van der Waals surface area contributed by atoms with Crippen molar-refractivity contribution < 1.29 is 14.1 Å². The predicted octanol–water partition coefficient (Wildman–Crippen LogP) is 1.22. The molecule has 1 heterocycles. The molecule has 0 N–H and O–H groups in total. The molecule has 1 aromatic heterocycles. The summed E-state index contributed by atoms with van der Waals surface area (Å²) in [7, 11) is 3.48. The molecule has 5 heteroatoms. The van der Waals surface area contributed by atoms with Gasteiger partial charge in [-0.2, -0.15) is 0 Å². The van der Waals surface area contributed by atoms with Gasteiger partial charge < -0.3 is 4.74 Å². The molecule has 0 aliphatic rings. The molecule has 0 unspecified atom stereocenters. The number of hydrogen-bond donors (Lipinski definition) is 0. The van der Waals surface area contributed by atoms with Gasteiger partial charge in [-0.05, 0) is 24.3 Å². The highest BCUT2D eigenvalue weighted by Gasteiger charge is 2.19. The fourth-order valence-corrected chi connectivity index (χ4v) is 1.99. The maximum Gasteiger partial charge on any atom is 0.274 e. The SMILES string of the molecule is COc1ccc(C(=O)C[n+]2c(C)nn(C)c2C)cc1. The van der Waals surface area contributed by atoms with Crippen LogP contribution in [0.3, 0.4) is 0 Å². The topological polar surface area (TPSA) is 48.0 Å². The number of carbonyl (C=O) groups is 1. The molecule has 0 saturated carbocycles. The van der Waals surface area contributed by atoms with Gasteiger partial charge in [0.15, 0.2) is 5.78 Å². The van der Waals surface area contributed by atoms with Crippen LogP contribution in [0, 0.1) is 13.8 Å². The van der Waals surface area contributed by atoms with E-state index in [0.29, 0.717) is 12.1 Å². The minimum atomic E-state index is 0.0619. The third-order valence-electron chi connectivity index (χ3n) is 3.26. The Morgan fingerprint density at radius 1 is 1.32 bits per heavy atom. The lowest BCUT2D eigenvalue weighted by molar-refractivity contribution is -0.695. The zero-order valence-electron chi connectivity index (χ0n) is 11.7. The highest BCUT2D eigenvalue weighted by Crippen LogP contribution is 2.11. The van der Waals surface area contributed by atoms with E-state index in [1.807, 2.05) is 25.5 Å². The van der Waals surface area contributed by atoms with Crippen LogP contribution in [0.25, 0.3) is 0 Å². The van der Waals surface area contributed by atoms with Crippen LogP contribution < -0.4 is 9.30 Å². The zero-order chi connectivity index (χ0) is 14.0. The first-order chi connectivity index (χ1) is 9.02. The molecule has 0 atom stereocenters. The summed E-state index contributed by atoms with van der Waals surface area (Å²) >= 11 is 0. The molecule has 0 radical (unpaired) electrons. The molecule has 2 rings (SSSR count). The number of carbonyl (C=O) groups excluding carboxylic acids is 1. The monoisotopic (exact) mass is 260 g/mol. The first kappa shape index (κ1) is 13.3. The Bertz CT molecular complexity index is 600. The first-order valence-electron chi connectivity index (χ1n) is 6.10. The van der Waals surface area contributed by atoms with Crippen molar-refractivity contribution in [1.82, 2.24) is 9.78 Å². The number of methoxy groups -OCH3 is 1. The second-order valence-electron chi connectivity index (χ2n) is 4.46. The quantitative estimate of drug-likeness (QED) is 0.613. The molecule has 100 valence electrons. The smallest absolute Gasteiger partial charge is 0.274 e. The minimum Gasteiger partial charge on any atom is -0.497 e. The number of ether oxygens (including phenoxy) is 1. The van der Waals surface area contributed by atoms with Crippen LogP contribution in [0.15, 0.2) is 24.3 Å². The molecular weight excluding hydrogens is 242 g/mol. The van der Waals surface area contributed by atoms with E-state index in [4.69, 9.17) is 4.74 Å². The Kier molecular flexibility index (Phi) is 3.64. The molecule has 0 aliphatic heterocycles. The molecule has 5 nitrogen and oxygen atoms in total. The van der Waals surface area contributed by atoms with E-state index in [1.165, 1.54) is 0 Å².